The van der Waals surface area contributed by atoms with E-state index in [4.69, 9.17) is 11.6 Å². The van der Waals surface area contributed by atoms with Crippen molar-refractivity contribution in [2.24, 2.45) is 0 Å². The average molecular weight is 391 g/mol. The third kappa shape index (κ3) is 3.79. The molecule has 1 N–H and O–H groups in total. The van der Waals surface area contributed by atoms with Crippen molar-refractivity contribution in [2.45, 2.75) is 19.4 Å². The van der Waals surface area contributed by atoms with Crippen LogP contribution in [0, 0.1) is 9.39 Å². The van der Waals surface area contributed by atoms with E-state index in [2.05, 4.69) is 32.9 Å². The predicted octanol–water partition coefficient (Wildman–Crippen LogP) is 5.04. The number of nitrogens with one attached hydrogen (secondary N) is 1. The molecule has 100 valence electrons. The number of rotatable bonds is 4. The van der Waals surface area contributed by atoms with Gasteiger partial charge in [0.05, 0.1) is 28.6 Å². The Morgan fingerprint density at radius 2 is 2.16 bits per heavy atom. The van der Waals surface area contributed by atoms with Crippen LogP contribution in [-0.4, -0.2) is 4.98 Å². The van der Waals surface area contributed by atoms with Crippen LogP contribution in [0.1, 0.15) is 25.1 Å². The molecule has 0 saturated heterocycles. The maximum atomic E-state index is 12.9. The van der Waals surface area contributed by atoms with Crippen LogP contribution < -0.4 is 5.32 Å². The average Bonchev–Trinajstić information content (AvgIpc) is 2.39. The number of anilines is 1. The molecule has 1 atom stereocenters. The van der Waals surface area contributed by atoms with Crippen molar-refractivity contribution in [1.82, 2.24) is 4.98 Å². The summed E-state index contributed by atoms with van der Waals surface area (Å²) >= 11 is 8.41. The largest absolute Gasteiger partial charge is 0.375 e. The molecule has 0 fully saturated rings. The van der Waals surface area contributed by atoms with Crippen molar-refractivity contribution < 1.29 is 4.39 Å². The summed E-state index contributed by atoms with van der Waals surface area (Å²) in [5, 5.41) is 4.01. The Balaban J connectivity index is 2.21. The molecule has 0 amide bonds. The van der Waals surface area contributed by atoms with E-state index >= 15 is 0 Å². The lowest BCUT2D eigenvalue weighted by molar-refractivity contribution is 0.614. The first-order chi connectivity index (χ1) is 9.10. The van der Waals surface area contributed by atoms with E-state index in [-0.39, 0.29) is 11.9 Å². The fourth-order valence-electron chi connectivity index (χ4n) is 1.77. The summed E-state index contributed by atoms with van der Waals surface area (Å²) in [6.07, 6.45) is 2.07. The fourth-order valence-corrected chi connectivity index (χ4v) is 2.68. The summed E-state index contributed by atoms with van der Waals surface area (Å²) in [6, 6.07) is 8.95. The van der Waals surface area contributed by atoms with Gasteiger partial charge in [-0.2, -0.15) is 0 Å². The minimum Gasteiger partial charge on any atom is -0.375 e. The molecule has 0 spiro atoms. The van der Waals surface area contributed by atoms with Crippen molar-refractivity contribution in [2.75, 3.05) is 5.32 Å². The van der Waals surface area contributed by atoms with Crippen LogP contribution in [0.4, 0.5) is 10.1 Å². The Labute approximate surface area is 130 Å². The first-order valence-electron chi connectivity index (χ1n) is 5.93. The number of pyridine rings is 1. The van der Waals surface area contributed by atoms with Crippen LogP contribution in [0.25, 0.3) is 0 Å². The summed E-state index contributed by atoms with van der Waals surface area (Å²) in [5.74, 6) is -0.328. The predicted molar refractivity (Wildman–Crippen MR) is 85.0 cm³/mol. The molecule has 0 radical (unpaired) electrons. The molecule has 1 heterocycles. The number of halogens is 3. The Morgan fingerprint density at radius 3 is 2.74 bits per heavy atom. The summed E-state index contributed by atoms with van der Waals surface area (Å²) in [6.45, 7) is 2.04. The summed E-state index contributed by atoms with van der Waals surface area (Å²) in [7, 11) is 0. The van der Waals surface area contributed by atoms with Gasteiger partial charge in [-0.1, -0.05) is 18.5 Å². The van der Waals surface area contributed by atoms with Crippen LogP contribution in [0.5, 0.6) is 0 Å². The molecule has 1 aromatic carbocycles. The van der Waals surface area contributed by atoms with Gasteiger partial charge in [-0.3, -0.25) is 4.98 Å². The molecule has 19 heavy (non-hydrogen) atoms. The third-order valence-electron chi connectivity index (χ3n) is 2.78. The van der Waals surface area contributed by atoms with Gasteiger partial charge >= 0.3 is 0 Å². The van der Waals surface area contributed by atoms with Crippen LogP contribution in [0.15, 0.2) is 36.5 Å². The summed E-state index contributed by atoms with van der Waals surface area (Å²) < 4.78 is 14.0. The van der Waals surface area contributed by atoms with Gasteiger partial charge in [-0.05, 0) is 59.3 Å². The van der Waals surface area contributed by atoms with Gasteiger partial charge in [0, 0.05) is 3.57 Å². The second kappa shape index (κ2) is 6.52. The smallest absolute Gasteiger partial charge is 0.141 e. The van der Waals surface area contributed by atoms with E-state index in [1.807, 2.05) is 25.1 Å². The first-order valence-corrected chi connectivity index (χ1v) is 7.39. The lowest BCUT2D eigenvalue weighted by Crippen LogP contribution is -2.11. The number of benzene rings is 1. The Kier molecular flexibility index (Phi) is 4.99. The highest BCUT2D eigenvalue weighted by atomic mass is 127. The molecule has 2 aromatic rings. The second-order valence-electron chi connectivity index (χ2n) is 4.13. The molecular weight excluding hydrogens is 378 g/mol. The van der Waals surface area contributed by atoms with Crippen LogP contribution in [-0.2, 0) is 0 Å². The second-order valence-corrected chi connectivity index (χ2v) is 5.78. The number of nitrogens with zero attached hydrogens (tertiary/aromatic N) is 1. The molecule has 5 heteroatoms. The lowest BCUT2D eigenvalue weighted by atomic mass is 10.1. The highest BCUT2D eigenvalue weighted by Crippen LogP contribution is 2.28. The molecule has 0 aliphatic carbocycles. The standard InChI is InChI=1S/C14H13ClFIN2/c1-2-12(14-5-3-9(16)8-18-14)19-13-6-4-10(17)7-11(13)15/h3-8,12,19H,2H2,1H3. The lowest BCUT2D eigenvalue weighted by Gasteiger charge is -2.18. The van der Waals surface area contributed by atoms with Crippen molar-refractivity contribution >= 4 is 39.9 Å². The maximum absolute atomic E-state index is 12.9. The minimum absolute atomic E-state index is 0.0122. The van der Waals surface area contributed by atoms with Gasteiger partial charge < -0.3 is 5.32 Å². The van der Waals surface area contributed by atoms with E-state index in [0.717, 1.165) is 21.4 Å². The van der Waals surface area contributed by atoms with Gasteiger partial charge in [-0.15, -0.1) is 0 Å². The molecule has 2 rings (SSSR count). The van der Waals surface area contributed by atoms with E-state index in [0.29, 0.717) is 5.02 Å². The van der Waals surface area contributed by atoms with Crippen molar-refractivity contribution in [3.63, 3.8) is 0 Å². The van der Waals surface area contributed by atoms with Crippen molar-refractivity contribution in [1.29, 1.82) is 0 Å². The molecule has 1 aromatic heterocycles. The van der Waals surface area contributed by atoms with Gasteiger partial charge in [0.15, 0.2) is 0 Å². The number of hydrogen-bond donors (Lipinski definition) is 1. The Hall–Kier alpha value is -0.880. The van der Waals surface area contributed by atoms with E-state index < -0.39 is 0 Å². The van der Waals surface area contributed by atoms with Crippen LogP contribution >= 0.6 is 34.2 Å². The number of hydrogen-bond acceptors (Lipinski definition) is 2. The maximum Gasteiger partial charge on any atom is 0.141 e. The zero-order valence-electron chi connectivity index (χ0n) is 10.3. The highest BCUT2D eigenvalue weighted by molar-refractivity contribution is 14.1. The monoisotopic (exact) mass is 390 g/mol. The van der Waals surface area contributed by atoms with Crippen LogP contribution in [0.2, 0.25) is 5.02 Å². The van der Waals surface area contributed by atoms with Gasteiger partial charge in [0.1, 0.15) is 5.82 Å². The minimum atomic E-state index is -0.328. The Morgan fingerprint density at radius 1 is 1.37 bits per heavy atom. The molecule has 2 nitrogen and oxygen atoms in total. The van der Waals surface area contributed by atoms with E-state index in [9.17, 15) is 4.39 Å². The molecule has 0 aliphatic heterocycles. The van der Waals surface area contributed by atoms with Crippen molar-refractivity contribution in [3.05, 3.63) is 56.6 Å². The van der Waals surface area contributed by atoms with Gasteiger partial charge in [0.2, 0.25) is 0 Å². The van der Waals surface area contributed by atoms with Crippen LogP contribution in [0.3, 0.4) is 0 Å². The van der Waals surface area contributed by atoms with Crippen molar-refractivity contribution in [3.8, 4) is 0 Å². The summed E-state index contributed by atoms with van der Waals surface area (Å²) in [4.78, 5) is 4.11. The molecule has 1 unspecified atom stereocenters. The van der Waals surface area contributed by atoms with E-state index in [1.54, 1.807) is 6.07 Å². The molecule has 0 aliphatic rings. The normalized spacial score (nSPS) is 12.2. The van der Waals surface area contributed by atoms with E-state index in [1.165, 1.54) is 12.3 Å². The molecule has 0 bridgehead atoms. The van der Waals surface area contributed by atoms with Gasteiger partial charge in [-0.25, -0.2) is 4.39 Å². The first kappa shape index (κ1) is 14.5. The highest BCUT2D eigenvalue weighted by Gasteiger charge is 2.12. The Bertz CT molecular complexity index is 560. The quantitative estimate of drug-likeness (QED) is 0.740. The SMILES string of the molecule is CCC(Nc1ccc(I)cc1Cl)c1ccc(F)cn1. The van der Waals surface area contributed by atoms with Gasteiger partial charge in [0.25, 0.3) is 0 Å². The molecular formula is C14H13ClFIN2. The molecule has 0 saturated carbocycles. The topological polar surface area (TPSA) is 24.9 Å². The summed E-state index contributed by atoms with van der Waals surface area (Å²) in [5.41, 5.74) is 1.67. The third-order valence-corrected chi connectivity index (χ3v) is 3.76. The fraction of sp³-hybridized carbons (Fsp3) is 0.214. The zero-order chi connectivity index (χ0) is 13.8. The zero-order valence-corrected chi connectivity index (χ0v) is 13.2. The number of aromatic nitrogens is 1.